The number of nitrogen functional groups attached to an aromatic ring is 1. The number of hydrogen-bond donors (Lipinski definition) is 2. The molecule has 0 radical (unpaired) electrons. The van der Waals surface area contributed by atoms with Gasteiger partial charge in [0.1, 0.15) is 47.4 Å². The molecule has 2 saturated heterocycles. The molecule has 3 N–H and O–H groups in total. The molecule has 5 aromatic rings. The Labute approximate surface area is 289 Å². The highest BCUT2D eigenvalue weighted by Gasteiger charge is 2.45. The zero-order valence-corrected chi connectivity index (χ0v) is 27.0. The van der Waals surface area contributed by atoms with Gasteiger partial charge in [-0.25, -0.2) is 23.4 Å². The van der Waals surface area contributed by atoms with Crippen molar-refractivity contribution in [1.29, 1.82) is 0 Å². The van der Waals surface area contributed by atoms with E-state index in [1.807, 2.05) is 42.5 Å². The van der Waals surface area contributed by atoms with E-state index in [4.69, 9.17) is 15.6 Å². The van der Waals surface area contributed by atoms with E-state index in [9.17, 15) is 19.2 Å². The SMILES string of the molecule is Nc1ncnc2c1c(-c1ccc(Oc3ccccc3)cc1)nn2C1CCN(Cc2cc3c(cc2F)C(=O)N(C2CCC(=O)NC2=O)C3=O)CC1F. The molecule has 0 saturated carbocycles. The van der Waals surface area contributed by atoms with Gasteiger partial charge < -0.3 is 10.5 Å². The van der Waals surface area contributed by atoms with Gasteiger partial charge in [0.2, 0.25) is 11.8 Å². The van der Waals surface area contributed by atoms with Gasteiger partial charge in [0.15, 0.2) is 5.65 Å². The average molecular weight is 693 g/mol. The first kappa shape index (κ1) is 32.1. The van der Waals surface area contributed by atoms with Crippen LogP contribution in [0.25, 0.3) is 22.3 Å². The molecular formula is C36H30F2N8O5. The second-order valence-electron chi connectivity index (χ2n) is 12.7. The maximum atomic E-state index is 16.1. The number of hydrogen-bond acceptors (Lipinski definition) is 10. The summed E-state index contributed by atoms with van der Waals surface area (Å²) in [6.45, 7) is 0.267. The van der Waals surface area contributed by atoms with Gasteiger partial charge in [0, 0.05) is 37.2 Å². The van der Waals surface area contributed by atoms with Crippen molar-refractivity contribution in [3.05, 3.63) is 95.6 Å². The van der Waals surface area contributed by atoms with Gasteiger partial charge in [-0.2, -0.15) is 5.10 Å². The fraction of sp³-hybridized carbons (Fsp3) is 0.250. The number of piperidine rings is 2. The molecule has 13 nitrogen and oxygen atoms in total. The van der Waals surface area contributed by atoms with Crippen LogP contribution in [0.5, 0.6) is 11.5 Å². The molecule has 3 atom stereocenters. The molecule has 258 valence electrons. The van der Waals surface area contributed by atoms with Crippen LogP contribution in [0.15, 0.2) is 73.1 Å². The number of ether oxygens (including phenoxy) is 1. The monoisotopic (exact) mass is 692 g/mol. The van der Waals surface area contributed by atoms with E-state index in [1.165, 1.54) is 12.4 Å². The maximum absolute atomic E-state index is 16.1. The normalized spacial score (nSPS) is 20.9. The van der Waals surface area contributed by atoms with Gasteiger partial charge in [0.25, 0.3) is 11.8 Å². The van der Waals surface area contributed by atoms with E-state index >= 15 is 8.78 Å². The van der Waals surface area contributed by atoms with Crippen LogP contribution in [-0.4, -0.2) is 78.5 Å². The van der Waals surface area contributed by atoms with Crippen molar-refractivity contribution >= 4 is 40.5 Å². The smallest absolute Gasteiger partial charge is 0.262 e. The number of aromatic nitrogens is 4. The summed E-state index contributed by atoms with van der Waals surface area (Å²) in [5, 5.41) is 7.43. The zero-order valence-electron chi connectivity index (χ0n) is 27.0. The number of carbonyl (C=O) groups is 4. The quantitative estimate of drug-likeness (QED) is 0.236. The van der Waals surface area contributed by atoms with Gasteiger partial charge in [-0.15, -0.1) is 0 Å². The summed E-state index contributed by atoms with van der Waals surface area (Å²) >= 11 is 0. The number of carbonyl (C=O) groups excluding carboxylic acids is 4. The number of para-hydroxylation sites is 1. The number of benzene rings is 3. The lowest BCUT2D eigenvalue weighted by atomic mass is 10.0. The van der Waals surface area contributed by atoms with Crippen molar-refractivity contribution in [1.82, 2.24) is 34.9 Å². The topological polar surface area (TPSA) is 166 Å². The van der Waals surface area contributed by atoms with Crippen molar-refractivity contribution in [3.8, 4) is 22.8 Å². The first-order valence-electron chi connectivity index (χ1n) is 16.4. The van der Waals surface area contributed by atoms with Crippen molar-refractivity contribution in [2.24, 2.45) is 0 Å². The molecule has 2 fully saturated rings. The van der Waals surface area contributed by atoms with E-state index in [0.29, 0.717) is 46.8 Å². The fourth-order valence-corrected chi connectivity index (χ4v) is 7.01. The minimum atomic E-state index is -1.43. The molecule has 3 unspecified atom stereocenters. The molecule has 3 aliphatic heterocycles. The van der Waals surface area contributed by atoms with Gasteiger partial charge >= 0.3 is 0 Å². The third-order valence-corrected chi connectivity index (χ3v) is 9.53. The molecule has 3 aromatic carbocycles. The van der Waals surface area contributed by atoms with Crippen molar-refractivity contribution < 1.29 is 32.7 Å². The van der Waals surface area contributed by atoms with Crippen LogP contribution in [0.1, 0.15) is 51.6 Å². The number of rotatable bonds is 7. The Morgan fingerprint density at radius 1 is 0.922 bits per heavy atom. The summed E-state index contributed by atoms with van der Waals surface area (Å²) < 4.78 is 38.9. The molecule has 0 bridgehead atoms. The highest BCUT2D eigenvalue weighted by molar-refractivity contribution is 6.23. The minimum Gasteiger partial charge on any atom is -0.457 e. The lowest BCUT2D eigenvalue weighted by Gasteiger charge is -2.35. The molecule has 0 aliphatic carbocycles. The summed E-state index contributed by atoms with van der Waals surface area (Å²) in [6.07, 6.45) is 0.134. The molecule has 15 heteroatoms. The summed E-state index contributed by atoms with van der Waals surface area (Å²) in [5.74, 6) is -2.00. The van der Waals surface area contributed by atoms with Crippen LogP contribution in [0.4, 0.5) is 14.6 Å². The molecule has 3 aliphatic rings. The van der Waals surface area contributed by atoms with Crippen molar-refractivity contribution in [3.63, 3.8) is 0 Å². The van der Waals surface area contributed by atoms with Crippen LogP contribution in [-0.2, 0) is 16.1 Å². The van der Waals surface area contributed by atoms with Crippen LogP contribution in [0, 0.1) is 5.82 Å². The molecule has 8 rings (SSSR count). The molecule has 2 aromatic heterocycles. The molecule has 0 spiro atoms. The number of alkyl halides is 1. The second kappa shape index (κ2) is 12.7. The van der Waals surface area contributed by atoms with E-state index in [0.717, 1.165) is 11.0 Å². The number of imide groups is 2. The van der Waals surface area contributed by atoms with E-state index in [1.54, 1.807) is 21.7 Å². The fourth-order valence-electron chi connectivity index (χ4n) is 7.01. The first-order valence-corrected chi connectivity index (χ1v) is 16.4. The lowest BCUT2D eigenvalue weighted by molar-refractivity contribution is -0.136. The lowest BCUT2D eigenvalue weighted by Crippen LogP contribution is -2.54. The standard InChI is InChI=1S/C36H30F2N8O5/c37-25-15-24-23(35(49)45(36(24)50)28-10-11-29(47)42-34(28)48)14-20(25)16-44-13-12-27(26(38)17-44)46-33-30(32(39)40-18-41-33)31(43-46)19-6-8-22(9-7-19)51-21-4-2-1-3-5-21/h1-9,14-15,18,26-28H,10-13,16-17H2,(H2,39,40,41)(H,42,47,48). The number of anilines is 1. The van der Waals surface area contributed by atoms with Gasteiger partial charge in [0.05, 0.1) is 22.6 Å². The van der Waals surface area contributed by atoms with Crippen molar-refractivity contribution in [2.45, 2.75) is 44.1 Å². The van der Waals surface area contributed by atoms with Crippen LogP contribution >= 0.6 is 0 Å². The Morgan fingerprint density at radius 3 is 2.37 bits per heavy atom. The second-order valence-corrected chi connectivity index (χ2v) is 12.7. The third kappa shape index (κ3) is 5.74. The number of nitrogens with two attached hydrogens (primary N) is 1. The van der Waals surface area contributed by atoms with Gasteiger partial charge in [-0.3, -0.25) is 34.3 Å². The predicted molar refractivity (Wildman–Crippen MR) is 179 cm³/mol. The summed E-state index contributed by atoms with van der Waals surface area (Å²) in [4.78, 5) is 61.4. The molecular weight excluding hydrogens is 662 g/mol. The molecule has 5 heterocycles. The average Bonchev–Trinajstić information content (AvgIpc) is 3.61. The molecule has 4 amide bonds. The minimum absolute atomic E-state index is 0.0139. The van der Waals surface area contributed by atoms with E-state index < -0.39 is 47.7 Å². The summed E-state index contributed by atoms with van der Waals surface area (Å²) in [5.41, 5.74) is 7.80. The summed E-state index contributed by atoms with van der Waals surface area (Å²) in [7, 11) is 0. The van der Waals surface area contributed by atoms with E-state index in [-0.39, 0.29) is 48.4 Å². The number of nitrogens with zero attached hydrogens (tertiary/aromatic N) is 6. The van der Waals surface area contributed by atoms with E-state index in [2.05, 4.69) is 15.3 Å². The van der Waals surface area contributed by atoms with Gasteiger partial charge in [-0.1, -0.05) is 18.2 Å². The predicted octanol–water partition coefficient (Wildman–Crippen LogP) is 4.19. The Balaban J connectivity index is 1.00. The number of likely N-dealkylation sites (tertiary alicyclic amines) is 1. The third-order valence-electron chi connectivity index (χ3n) is 9.53. The highest BCUT2D eigenvalue weighted by atomic mass is 19.1. The largest absolute Gasteiger partial charge is 0.457 e. The molecule has 51 heavy (non-hydrogen) atoms. The number of fused-ring (bicyclic) bond motifs is 2. The first-order chi connectivity index (χ1) is 24.7. The number of amides is 4. The highest BCUT2D eigenvalue weighted by Crippen LogP contribution is 2.37. The number of nitrogens with one attached hydrogen (secondary N) is 1. The van der Waals surface area contributed by atoms with Crippen LogP contribution in [0.3, 0.4) is 0 Å². The number of halogens is 2. The van der Waals surface area contributed by atoms with Crippen LogP contribution in [0.2, 0.25) is 0 Å². The Hall–Kier alpha value is -6.09. The Morgan fingerprint density at radius 2 is 1.65 bits per heavy atom. The zero-order chi connectivity index (χ0) is 35.4. The van der Waals surface area contributed by atoms with Crippen LogP contribution < -0.4 is 15.8 Å². The Bertz CT molecular complexity index is 2230. The van der Waals surface area contributed by atoms with Crippen molar-refractivity contribution in [2.75, 3.05) is 18.8 Å². The van der Waals surface area contributed by atoms with Gasteiger partial charge in [-0.05, 0) is 61.4 Å². The Kier molecular flexibility index (Phi) is 7.98. The maximum Gasteiger partial charge on any atom is 0.262 e. The summed E-state index contributed by atoms with van der Waals surface area (Å²) in [6, 6.07) is 17.0.